The minimum atomic E-state index is -3.90. The molecule has 2 aromatic heterocycles. The maximum atomic E-state index is 13.1. The first-order valence-electron chi connectivity index (χ1n) is 10.5. The Morgan fingerprint density at radius 2 is 2.09 bits per heavy atom. The predicted octanol–water partition coefficient (Wildman–Crippen LogP) is 2.33. The van der Waals surface area contributed by atoms with E-state index in [1.165, 1.54) is 13.3 Å². The van der Waals surface area contributed by atoms with E-state index in [4.69, 9.17) is 24.0 Å². The fourth-order valence-electron chi connectivity index (χ4n) is 4.20. The number of anilines is 1. The van der Waals surface area contributed by atoms with Crippen LogP contribution in [0.25, 0.3) is 11.0 Å². The van der Waals surface area contributed by atoms with Crippen molar-refractivity contribution in [3.63, 3.8) is 0 Å². The number of aliphatic hydroxyl groups excluding tert-OH is 1. The molecule has 0 saturated carbocycles. The van der Waals surface area contributed by atoms with Crippen molar-refractivity contribution in [1.29, 1.82) is 0 Å². The molecule has 1 unspecified atom stereocenters. The molecule has 0 radical (unpaired) electrons. The van der Waals surface area contributed by atoms with Crippen molar-refractivity contribution in [2.45, 2.75) is 43.5 Å². The fraction of sp³-hybridized carbons (Fsp3) is 0.429. The summed E-state index contributed by atoms with van der Waals surface area (Å²) in [4.78, 5) is 8.17. The maximum absolute atomic E-state index is 13.1. The predicted molar refractivity (Wildman–Crippen MR) is 117 cm³/mol. The van der Waals surface area contributed by atoms with Crippen LogP contribution in [0.4, 0.5) is 5.82 Å². The van der Waals surface area contributed by atoms with Crippen LogP contribution in [0.15, 0.2) is 48.9 Å². The van der Waals surface area contributed by atoms with Gasteiger partial charge in [-0.15, -0.1) is 0 Å². The van der Waals surface area contributed by atoms with E-state index < -0.39 is 38.0 Å². The second-order valence-corrected chi connectivity index (χ2v) is 9.91. The summed E-state index contributed by atoms with van der Waals surface area (Å²) in [5.41, 5.74) is 5.50. The molecule has 6 atom stereocenters. The van der Waals surface area contributed by atoms with Crippen molar-refractivity contribution in [1.82, 2.24) is 14.5 Å². The van der Waals surface area contributed by atoms with Gasteiger partial charge >= 0.3 is 7.82 Å². The summed E-state index contributed by atoms with van der Waals surface area (Å²) in [6, 6.07) is 11.1. The van der Waals surface area contributed by atoms with E-state index in [9.17, 15) is 14.8 Å². The SMILES string of the molecule is C[C@@]1(O)[C@H](O)[C@@H](COP2(=O)OCC[C@H](c3ccccc3)O2)O[C@H]1n1ccc2c(N)ncnc21. The molecule has 33 heavy (non-hydrogen) atoms. The lowest BCUT2D eigenvalue weighted by Gasteiger charge is -2.30. The Balaban J connectivity index is 1.31. The first-order valence-corrected chi connectivity index (χ1v) is 12.0. The number of hydrogen-bond donors (Lipinski definition) is 3. The summed E-state index contributed by atoms with van der Waals surface area (Å²) in [7, 11) is -3.90. The molecule has 2 aliphatic rings. The molecule has 3 aromatic rings. The molecule has 176 valence electrons. The highest BCUT2D eigenvalue weighted by molar-refractivity contribution is 7.48. The molecule has 4 heterocycles. The molecule has 2 fully saturated rings. The molecule has 0 aliphatic carbocycles. The van der Waals surface area contributed by atoms with Crippen LogP contribution < -0.4 is 5.73 Å². The first kappa shape index (κ1) is 22.4. The zero-order valence-corrected chi connectivity index (χ0v) is 18.7. The van der Waals surface area contributed by atoms with E-state index in [0.29, 0.717) is 17.5 Å². The summed E-state index contributed by atoms with van der Waals surface area (Å²) in [5, 5.41) is 22.4. The van der Waals surface area contributed by atoms with Crippen molar-refractivity contribution in [3.8, 4) is 0 Å². The molecule has 0 spiro atoms. The first-order chi connectivity index (χ1) is 15.8. The van der Waals surface area contributed by atoms with E-state index in [0.717, 1.165) is 5.56 Å². The van der Waals surface area contributed by atoms with Gasteiger partial charge in [0.2, 0.25) is 0 Å². The van der Waals surface area contributed by atoms with Crippen molar-refractivity contribution in [2.75, 3.05) is 18.9 Å². The minimum absolute atomic E-state index is 0.196. The third-order valence-corrected chi connectivity index (χ3v) is 7.48. The summed E-state index contributed by atoms with van der Waals surface area (Å²) in [6.45, 7) is 1.32. The third-order valence-electron chi connectivity index (χ3n) is 6.00. The maximum Gasteiger partial charge on any atom is 0.475 e. The highest BCUT2D eigenvalue weighted by Gasteiger charge is 2.54. The number of fused-ring (bicyclic) bond motifs is 1. The normalized spacial score (nSPS) is 34.6. The number of phosphoric ester groups is 1. The Morgan fingerprint density at radius 3 is 2.88 bits per heavy atom. The minimum Gasteiger partial charge on any atom is -0.387 e. The molecule has 2 aliphatic heterocycles. The largest absolute Gasteiger partial charge is 0.475 e. The number of nitrogens with two attached hydrogens (primary N) is 1. The lowest BCUT2D eigenvalue weighted by molar-refractivity contribution is -0.0950. The average molecular weight is 476 g/mol. The van der Waals surface area contributed by atoms with E-state index in [1.54, 1.807) is 16.8 Å². The van der Waals surface area contributed by atoms with Gasteiger partial charge in [-0.1, -0.05) is 30.3 Å². The second kappa shape index (κ2) is 8.44. The lowest BCUT2D eigenvalue weighted by Crippen LogP contribution is -2.44. The molecule has 12 heteroatoms. The van der Waals surface area contributed by atoms with Crippen LogP contribution in [0.2, 0.25) is 0 Å². The van der Waals surface area contributed by atoms with Crippen LogP contribution in [0.3, 0.4) is 0 Å². The number of benzene rings is 1. The molecule has 11 nitrogen and oxygen atoms in total. The van der Waals surface area contributed by atoms with Crippen molar-refractivity contribution in [2.24, 2.45) is 0 Å². The molecule has 1 aromatic carbocycles. The van der Waals surface area contributed by atoms with Gasteiger partial charge in [0.05, 0.1) is 24.7 Å². The number of phosphoric acid groups is 1. The number of hydrogen-bond acceptors (Lipinski definition) is 10. The second-order valence-electron chi connectivity index (χ2n) is 8.29. The Labute approximate surface area is 189 Å². The van der Waals surface area contributed by atoms with Gasteiger partial charge < -0.3 is 25.3 Å². The Kier molecular flexibility index (Phi) is 5.74. The Bertz CT molecular complexity index is 1190. The van der Waals surface area contributed by atoms with Gasteiger partial charge in [-0.25, -0.2) is 14.5 Å². The monoisotopic (exact) mass is 476 g/mol. The zero-order valence-electron chi connectivity index (χ0n) is 17.9. The topological polar surface area (TPSA) is 151 Å². The zero-order chi connectivity index (χ0) is 23.2. The molecule has 0 amide bonds. The molecule has 2 saturated heterocycles. The van der Waals surface area contributed by atoms with Crippen LogP contribution in [-0.4, -0.2) is 55.8 Å². The quantitative estimate of drug-likeness (QED) is 0.468. The highest BCUT2D eigenvalue weighted by atomic mass is 31.2. The van der Waals surface area contributed by atoms with Crippen LogP contribution in [-0.2, 0) is 22.9 Å². The molecular formula is C21H25N4O7P. The van der Waals surface area contributed by atoms with Crippen LogP contribution in [0.1, 0.15) is 31.2 Å². The number of aliphatic hydroxyl groups is 2. The number of rotatable bonds is 5. The fourth-order valence-corrected chi connectivity index (χ4v) is 5.59. The van der Waals surface area contributed by atoms with Gasteiger partial charge in [0.25, 0.3) is 0 Å². The van der Waals surface area contributed by atoms with E-state index in [2.05, 4.69) is 9.97 Å². The summed E-state index contributed by atoms with van der Waals surface area (Å²) >= 11 is 0. The third kappa shape index (κ3) is 4.06. The van der Waals surface area contributed by atoms with Crippen molar-refractivity contribution < 1.29 is 33.1 Å². The Morgan fingerprint density at radius 1 is 1.30 bits per heavy atom. The van der Waals surface area contributed by atoms with Crippen LogP contribution in [0, 0.1) is 0 Å². The summed E-state index contributed by atoms with van der Waals surface area (Å²) in [5.74, 6) is 0.287. The van der Waals surface area contributed by atoms with E-state index >= 15 is 0 Å². The Hall–Kier alpha value is -2.37. The van der Waals surface area contributed by atoms with Gasteiger partial charge in [-0.05, 0) is 18.6 Å². The van der Waals surface area contributed by atoms with Gasteiger partial charge in [0.1, 0.15) is 35.6 Å². The van der Waals surface area contributed by atoms with Crippen molar-refractivity contribution >= 4 is 24.7 Å². The van der Waals surface area contributed by atoms with Crippen LogP contribution in [0.5, 0.6) is 0 Å². The highest BCUT2D eigenvalue weighted by Crippen LogP contribution is 2.57. The number of ether oxygens (including phenoxy) is 1. The number of nitrogen functional groups attached to an aromatic ring is 1. The summed E-state index contributed by atoms with van der Waals surface area (Å²) in [6.07, 6.45) is -0.308. The van der Waals surface area contributed by atoms with Gasteiger partial charge in [0.15, 0.2) is 6.23 Å². The standard InChI is InChI=1S/C21H25N4O7P/c1-21(27)17(26)16(31-20(21)25-9-7-14-18(22)23-12-24-19(14)25)11-30-33(28)29-10-8-15(32-33)13-5-3-2-4-6-13/h2-7,9,12,15-17,20,26-27H,8,10-11H2,1H3,(H2,22,23,24)/t15-,16-,17-,20-,21-,33?/m1/s1. The van der Waals surface area contributed by atoms with Gasteiger partial charge in [-0.2, -0.15) is 0 Å². The van der Waals surface area contributed by atoms with E-state index in [1.807, 2.05) is 30.3 Å². The lowest BCUT2D eigenvalue weighted by atomic mass is 9.96. The number of nitrogens with zero attached hydrogens (tertiary/aromatic N) is 3. The molecular weight excluding hydrogens is 451 g/mol. The molecule has 4 N–H and O–H groups in total. The number of aromatic nitrogens is 3. The van der Waals surface area contributed by atoms with Gasteiger partial charge in [0, 0.05) is 12.6 Å². The molecule has 5 rings (SSSR count). The average Bonchev–Trinajstić information content (AvgIpc) is 3.33. The van der Waals surface area contributed by atoms with Crippen LogP contribution >= 0.6 is 7.82 Å². The van der Waals surface area contributed by atoms with E-state index in [-0.39, 0.29) is 19.0 Å². The smallest absolute Gasteiger partial charge is 0.387 e. The summed E-state index contributed by atoms with van der Waals surface area (Å²) < 4.78 is 37.0. The molecule has 0 bridgehead atoms. The van der Waals surface area contributed by atoms with Gasteiger partial charge in [-0.3, -0.25) is 13.6 Å². The van der Waals surface area contributed by atoms with Crippen molar-refractivity contribution in [3.05, 3.63) is 54.5 Å².